The number of benzene rings is 1. The molecule has 3 aromatic rings. The van der Waals surface area contributed by atoms with Crippen molar-refractivity contribution in [3.8, 4) is 0 Å². The molecule has 204 valence electrons. The summed E-state index contributed by atoms with van der Waals surface area (Å²) in [6.07, 6.45) is 0.0126. The van der Waals surface area contributed by atoms with Gasteiger partial charge in [-0.05, 0) is 44.5 Å². The van der Waals surface area contributed by atoms with Gasteiger partial charge in [0.2, 0.25) is 0 Å². The highest BCUT2D eigenvalue weighted by molar-refractivity contribution is 5.97. The number of carbonyl (C=O) groups excluding carboxylic acids is 3. The predicted molar refractivity (Wildman–Crippen MR) is 139 cm³/mol. The fourth-order valence-corrected chi connectivity index (χ4v) is 3.87. The van der Waals surface area contributed by atoms with Gasteiger partial charge >= 0.3 is 17.6 Å². The first-order valence-electron chi connectivity index (χ1n) is 12.2. The van der Waals surface area contributed by atoms with E-state index in [1.807, 2.05) is 0 Å². The van der Waals surface area contributed by atoms with Gasteiger partial charge in [0.25, 0.3) is 11.5 Å². The van der Waals surface area contributed by atoms with Gasteiger partial charge in [0.1, 0.15) is 11.9 Å². The maximum atomic E-state index is 12.8. The molecule has 38 heavy (non-hydrogen) atoms. The summed E-state index contributed by atoms with van der Waals surface area (Å²) in [6, 6.07) is 5.54. The molecule has 1 amide bonds. The third-order valence-electron chi connectivity index (χ3n) is 5.98. The summed E-state index contributed by atoms with van der Waals surface area (Å²) in [5, 5.41) is 5.80. The number of aromatic nitrogens is 4. The summed E-state index contributed by atoms with van der Waals surface area (Å²) in [5.74, 6) is -1.04. The molecule has 13 heteroatoms. The van der Waals surface area contributed by atoms with E-state index in [-0.39, 0.29) is 32.6 Å². The lowest BCUT2D eigenvalue weighted by atomic mass is 10.1. The molecular formula is C25H32N6O7. The summed E-state index contributed by atoms with van der Waals surface area (Å²) < 4.78 is 13.9. The van der Waals surface area contributed by atoms with Crippen LogP contribution in [0.3, 0.4) is 0 Å². The second-order valence-electron chi connectivity index (χ2n) is 8.52. The van der Waals surface area contributed by atoms with Crippen LogP contribution in [0.1, 0.15) is 42.9 Å². The smallest absolute Gasteiger partial charge is 0.332 e. The van der Waals surface area contributed by atoms with Crippen LogP contribution >= 0.6 is 0 Å². The average molecular weight is 529 g/mol. The Labute approximate surface area is 218 Å². The quantitative estimate of drug-likeness (QED) is 0.340. The molecule has 0 bridgehead atoms. The number of hydrogen-bond acceptors (Lipinski definition) is 9. The van der Waals surface area contributed by atoms with E-state index >= 15 is 0 Å². The van der Waals surface area contributed by atoms with Crippen molar-refractivity contribution in [2.75, 3.05) is 18.5 Å². The summed E-state index contributed by atoms with van der Waals surface area (Å²) in [5.41, 5.74) is 0.714. The van der Waals surface area contributed by atoms with E-state index in [0.717, 1.165) is 4.57 Å². The van der Waals surface area contributed by atoms with E-state index < -0.39 is 35.1 Å². The lowest BCUT2D eigenvalue weighted by Crippen LogP contribution is -2.42. The Bertz CT molecular complexity index is 1450. The number of anilines is 1. The largest absolute Gasteiger partial charge is 0.466 e. The van der Waals surface area contributed by atoms with Gasteiger partial charge in [-0.25, -0.2) is 14.6 Å². The van der Waals surface area contributed by atoms with E-state index in [0.29, 0.717) is 28.2 Å². The molecule has 0 aliphatic rings. The third kappa shape index (κ3) is 6.10. The molecule has 3 rings (SSSR count). The number of aryl methyl sites for hydroxylation is 2. The van der Waals surface area contributed by atoms with Crippen molar-refractivity contribution in [2.24, 2.45) is 21.1 Å². The van der Waals surface area contributed by atoms with E-state index in [9.17, 15) is 24.0 Å². The highest BCUT2D eigenvalue weighted by atomic mass is 16.5. The molecule has 2 aromatic heterocycles. The maximum absolute atomic E-state index is 12.8. The van der Waals surface area contributed by atoms with Crippen LogP contribution in [0.4, 0.5) is 5.69 Å². The van der Waals surface area contributed by atoms with Crippen molar-refractivity contribution in [2.45, 2.75) is 39.3 Å². The van der Waals surface area contributed by atoms with Gasteiger partial charge in [0.15, 0.2) is 11.2 Å². The number of imidazole rings is 1. The molecule has 2 heterocycles. The highest BCUT2D eigenvalue weighted by Crippen LogP contribution is 2.14. The standard InChI is InChI=1S/C25H32N6O7/c1-6-37-19(32)13-12-17(24(35)38-7-2)27-22(33)15-8-10-16(11-9-15)26-14-18-28-21-20(29(18)3)23(34)31(5)25(36)30(21)4/h8-11,17,26H,6-7,12-14H2,1-5H3,(H,27,33). The fourth-order valence-electron chi connectivity index (χ4n) is 3.87. The lowest BCUT2D eigenvalue weighted by molar-refractivity contribution is -0.146. The predicted octanol–water partition coefficient (Wildman–Crippen LogP) is 0.588. The maximum Gasteiger partial charge on any atom is 0.332 e. The number of ether oxygens (including phenoxy) is 2. The summed E-state index contributed by atoms with van der Waals surface area (Å²) in [7, 11) is 4.68. The number of rotatable bonds is 11. The van der Waals surface area contributed by atoms with Gasteiger partial charge in [-0.1, -0.05) is 0 Å². The normalized spacial score (nSPS) is 11.7. The Morgan fingerprint density at radius 3 is 2.24 bits per heavy atom. The van der Waals surface area contributed by atoms with Crippen molar-refractivity contribution < 1.29 is 23.9 Å². The first kappa shape index (κ1) is 28.2. The van der Waals surface area contributed by atoms with E-state index in [4.69, 9.17) is 9.47 Å². The zero-order chi connectivity index (χ0) is 28.0. The Kier molecular flexibility index (Phi) is 9.05. The summed E-state index contributed by atoms with van der Waals surface area (Å²) in [6.45, 7) is 3.96. The van der Waals surface area contributed by atoms with Crippen molar-refractivity contribution in [3.05, 3.63) is 56.5 Å². The summed E-state index contributed by atoms with van der Waals surface area (Å²) >= 11 is 0. The number of amides is 1. The minimum Gasteiger partial charge on any atom is -0.466 e. The molecular weight excluding hydrogens is 496 g/mol. The van der Waals surface area contributed by atoms with Crippen LogP contribution in [-0.2, 0) is 46.8 Å². The Balaban J connectivity index is 1.69. The van der Waals surface area contributed by atoms with E-state index in [2.05, 4.69) is 15.6 Å². The van der Waals surface area contributed by atoms with Gasteiger partial charge in [0, 0.05) is 38.8 Å². The molecule has 1 unspecified atom stereocenters. The molecule has 1 atom stereocenters. The molecule has 1 aromatic carbocycles. The van der Waals surface area contributed by atoms with Crippen LogP contribution in [-0.4, -0.2) is 55.8 Å². The van der Waals surface area contributed by atoms with Crippen LogP contribution in [0.15, 0.2) is 33.9 Å². The first-order valence-corrected chi connectivity index (χ1v) is 12.2. The number of fused-ring (bicyclic) bond motifs is 1. The summed E-state index contributed by atoms with van der Waals surface area (Å²) in [4.78, 5) is 65.9. The van der Waals surface area contributed by atoms with Gasteiger partial charge in [-0.15, -0.1) is 0 Å². The third-order valence-corrected chi connectivity index (χ3v) is 5.98. The second kappa shape index (κ2) is 12.2. The number of nitrogens with zero attached hydrogens (tertiary/aromatic N) is 4. The molecule has 2 N–H and O–H groups in total. The molecule has 0 aliphatic heterocycles. The Morgan fingerprint density at radius 1 is 0.947 bits per heavy atom. The minimum atomic E-state index is -0.995. The number of nitrogens with one attached hydrogen (secondary N) is 2. The van der Waals surface area contributed by atoms with Crippen LogP contribution in [0.2, 0.25) is 0 Å². The van der Waals surface area contributed by atoms with Gasteiger partial charge in [-0.3, -0.25) is 23.5 Å². The molecule has 0 radical (unpaired) electrons. The molecule has 0 fully saturated rings. The van der Waals surface area contributed by atoms with E-state index in [1.165, 1.54) is 11.6 Å². The van der Waals surface area contributed by atoms with E-state index in [1.54, 1.807) is 56.8 Å². The fraction of sp³-hybridized carbons (Fsp3) is 0.440. The van der Waals surface area contributed by atoms with Crippen molar-refractivity contribution >= 4 is 34.7 Å². The monoisotopic (exact) mass is 528 g/mol. The zero-order valence-electron chi connectivity index (χ0n) is 22.1. The highest BCUT2D eigenvalue weighted by Gasteiger charge is 2.24. The number of esters is 2. The SMILES string of the molecule is CCOC(=O)CCC(NC(=O)c1ccc(NCc2nc3c(c(=O)n(C)c(=O)n3C)n2C)cc1)C(=O)OCC. The Morgan fingerprint density at radius 2 is 1.61 bits per heavy atom. The van der Waals surface area contributed by atoms with Gasteiger partial charge < -0.3 is 24.7 Å². The zero-order valence-corrected chi connectivity index (χ0v) is 22.1. The number of carbonyl (C=O) groups is 3. The van der Waals surface area contributed by atoms with Crippen molar-refractivity contribution in [1.29, 1.82) is 0 Å². The van der Waals surface area contributed by atoms with Crippen LogP contribution in [0.5, 0.6) is 0 Å². The molecule has 13 nitrogen and oxygen atoms in total. The van der Waals surface area contributed by atoms with Crippen LogP contribution in [0.25, 0.3) is 11.2 Å². The minimum absolute atomic E-state index is 0.0388. The Hall–Kier alpha value is -4.42. The topological polar surface area (TPSA) is 156 Å². The van der Waals surface area contributed by atoms with Crippen molar-refractivity contribution in [1.82, 2.24) is 24.0 Å². The van der Waals surface area contributed by atoms with Gasteiger partial charge in [-0.2, -0.15) is 0 Å². The van der Waals surface area contributed by atoms with Crippen LogP contribution in [0, 0.1) is 0 Å². The molecule has 0 aliphatic carbocycles. The second-order valence-corrected chi connectivity index (χ2v) is 8.52. The average Bonchev–Trinajstić information content (AvgIpc) is 3.23. The first-order chi connectivity index (χ1) is 18.1. The molecule has 0 saturated heterocycles. The lowest BCUT2D eigenvalue weighted by Gasteiger charge is -2.17. The van der Waals surface area contributed by atoms with Gasteiger partial charge in [0.05, 0.1) is 19.8 Å². The van der Waals surface area contributed by atoms with Crippen LogP contribution < -0.4 is 21.9 Å². The molecule has 0 spiro atoms. The van der Waals surface area contributed by atoms with Crippen molar-refractivity contribution in [3.63, 3.8) is 0 Å². The molecule has 0 saturated carbocycles. The number of hydrogen-bond donors (Lipinski definition) is 2.